The molecule has 144 valence electrons. The van der Waals surface area contributed by atoms with Gasteiger partial charge < -0.3 is 5.32 Å². The van der Waals surface area contributed by atoms with Crippen molar-refractivity contribution in [2.75, 3.05) is 10.0 Å². The predicted octanol–water partition coefficient (Wildman–Crippen LogP) is 5.35. The highest BCUT2D eigenvalue weighted by Gasteiger charge is 2.15. The van der Waals surface area contributed by atoms with E-state index >= 15 is 0 Å². The van der Waals surface area contributed by atoms with Gasteiger partial charge >= 0.3 is 0 Å². The Bertz CT molecular complexity index is 1130. The first kappa shape index (κ1) is 20.2. The van der Waals surface area contributed by atoms with Crippen LogP contribution in [0.1, 0.15) is 15.9 Å². The molecule has 3 rings (SSSR count). The van der Waals surface area contributed by atoms with Crippen LogP contribution in [0.25, 0.3) is 0 Å². The number of nitrogens with one attached hydrogen (secondary N) is 2. The van der Waals surface area contributed by atoms with Crippen molar-refractivity contribution in [2.24, 2.45) is 0 Å². The summed E-state index contributed by atoms with van der Waals surface area (Å²) in [5, 5.41) is 3.72. The second-order valence-corrected chi connectivity index (χ2v) is 8.58. The lowest BCUT2D eigenvalue weighted by molar-refractivity contribution is 0.102. The highest BCUT2D eigenvalue weighted by molar-refractivity contribution is 7.92. The average molecular weight is 435 g/mol. The van der Waals surface area contributed by atoms with E-state index in [1.54, 1.807) is 36.4 Å². The standard InChI is InChI=1S/C20H16Cl2N2O3S/c1-13-5-8-16(12-19(13)22)23-20(25)14-3-2-4-17(11-14)24-28(26,27)18-9-6-15(21)7-10-18/h2-12,24H,1H3,(H,23,25). The van der Waals surface area contributed by atoms with Gasteiger partial charge in [-0.2, -0.15) is 0 Å². The fourth-order valence-corrected chi connectivity index (χ4v) is 3.78. The highest BCUT2D eigenvalue weighted by Crippen LogP contribution is 2.22. The van der Waals surface area contributed by atoms with Crippen molar-refractivity contribution in [3.63, 3.8) is 0 Å². The molecule has 3 aromatic carbocycles. The SMILES string of the molecule is Cc1ccc(NC(=O)c2cccc(NS(=O)(=O)c3ccc(Cl)cc3)c2)cc1Cl. The van der Waals surface area contributed by atoms with Crippen LogP contribution in [0.3, 0.4) is 0 Å². The number of carbonyl (C=O) groups is 1. The minimum atomic E-state index is -3.80. The van der Waals surface area contributed by atoms with Gasteiger partial charge in [-0.3, -0.25) is 9.52 Å². The normalized spacial score (nSPS) is 11.1. The van der Waals surface area contributed by atoms with E-state index in [9.17, 15) is 13.2 Å². The molecule has 1 amide bonds. The number of anilines is 2. The fourth-order valence-electron chi connectivity index (χ4n) is 2.43. The Morgan fingerprint density at radius 1 is 0.893 bits per heavy atom. The molecular formula is C20H16Cl2N2O3S. The van der Waals surface area contributed by atoms with Crippen molar-refractivity contribution in [3.8, 4) is 0 Å². The third kappa shape index (κ3) is 4.84. The summed E-state index contributed by atoms with van der Waals surface area (Å²) < 4.78 is 27.4. The predicted molar refractivity (Wildman–Crippen MR) is 113 cm³/mol. The quantitative estimate of drug-likeness (QED) is 0.567. The number of benzene rings is 3. The maximum Gasteiger partial charge on any atom is 0.261 e. The van der Waals surface area contributed by atoms with Gasteiger partial charge in [0, 0.05) is 27.0 Å². The molecular weight excluding hydrogens is 419 g/mol. The van der Waals surface area contributed by atoms with Gasteiger partial charge in [-0.15, -0.1) is 0 Å². The monoisotopic (exact) mass is 434 g/mol. The average Bonchev–Trinajstić information content (AvgIpc) is 2.65. The molecule has 0 heterocycles. The van der Waals surface area contributed by atoms with Gasteiger partial charge in [0.1, 0.15) is 0 Å². The smallest absolute Gasteiger partial charge is 0.261 e. The Morgan fingerprint density at radius 3 is 2.29 bits per heavy atom. The number of sulfonamides is 1. The first-order valence-electron chi connectivity index (χ1n) is 8.20. The Balaban J connectivity index is 1.78. The number of carbonyl (C=O) groups excluding carboxylic acids is 1. The lowest BCUT2D eigenvalue weighted by atomic mass is 10.1. The van der Waals surface area contributed by atoms with Crippen LogP contribution >= 0.6 is 23.2 Å². The molecule has 0 bridgehead atoms. The van der Waals surface area contributed by atoms with E-state index in [1.807, 2.05) is 6.92 Å². The maximum absolute atomic E-state index is 12.5. The number of rotatable bonds is 5. The number of aryl methyl sites for hydroxylation is 1. The van der Waals surface area contributed by atoms with Crippen molar-refractivity contribution in [2.45, 2.75) is 11.8 Å². The van der Waals surface area contributed by atoms with E-state index in [0.717, 1.165) is 5.56 Å². The zero-order chi connectivity index (χ0) is 20.3. The molecule has 5 nitrogen and oxygen atoms in total. The molecule has 0 atom stereocenters. The molecule has 0 fully saturated rings. The van der Waals surface area contributed by atoms with E-state index < -0.39 is 10.0 Å². The van der Waals surface area contributed by atoms with Crippen LogP contribution in [0.4, 0.5) is 11.4 Å². The van der Waals surface area contributed by atoms with E-state index in [-0.39, 0.29) is 16.5 Å². The molecule has 28 heavy (non-hydrogen) atoms. The molecule has 0 saturated heterocycles. The largest absolute Gasteiger partial charge is 0.322 e. The zero-order valence-electron chi connectivity index (χ0n) is 14.7. The van der Waals surface area contributed by atoms with Crippen molar-refractivity contribution in [3.05, 3.63) is 87.9 Å². The van der Waals surface area contributed by atoms with Gasteiger partial charge in [-0.05, 0) is 67.1 Å². The maximum atomic E-state index is 12.5. The number of halogens is 2. The number of amides is 1. The summed E-state index contributed by atoms with van der Waals surface area (Å²) in [5.74, 6) is -0.382. The summed E-state index contributed by atoms with van der Waals surface area (Å²) in [4.78, 5) is 12.6. The summed E-state index contributed by atoms with van der Waals surface area (Å²) in [6, 6.07) is 17.2. The third-order valence-electron chi connectivity index (χ3n) is 3.93. The van der Waals surface area contributed by atoms with Gasteiger partial charge in [0.2, 0.25) is 0 Å². The van der Waals surface area contributed by atoms with E-state index in [1.165, 1.54) is 30.3 Å². The van der Waals surface area contributed by atoms with Gasteiger partial charge in [-0.25, -0.2) is 8.42 Å². The summed E-state index contributed by atoms with van der Waals surface area (Å²) in [6.45, 7) is 1.87. The van der Waals surface area contributed by atoms with Crippen molar-refractivity contribution in [1.82, 2.24) is 0 Å². The number of hydrogen-bond acceptors (Lipinski definition) is 3. The minimum absolute atomic E-state index is 0.0704. The molecule has 0 aliphatic carbocycles. The van der Waals surface area contributed by atoms with Crippen LogP contribution in [0.5, 0.6) is 0 Å². The summed E-state index contributed by atoms with van der Waals surface area (Å²) >= 11 is 11.9. The summed E-state index contributed by atoms with van der Waals surface area (Å²) in [7, 11) is -3.80. The molecule has 0 unspecified atom stereocenters. The third-order valence-corrected chi connectivity index (χ3v) is 5.99. The first-order valence-corrected chi connectivity index (χ1v) is 10.4. The van der Waals surface area contributed by atoms with Gasteiger partial charge in [0.25, 0.3) is 15.9 Å². The molecule has 0 radical (unpaired) electrons. The van der Waals surface area contributed by atoms with Crippen LogP contribution < -0.4 is 10.0 Å². The second-order valence-electron chi connectivity index (χ2n) is 6.06. The van der Waals surface area contributed by atoms with Crippen LogP contribution in [0.15, 0.2) is 71.6 Å². The van der Waals surface area contributed by atoms with E-state index in [2.05, 4.69) is 10.0 Å². The van der Waals surface area contributed by atoms with Crippen LogP contribution in [0.2, 0.25) is 10.0 Å². The molecule has 0 spiro atoms. The minimum Gasteiger partial charge on any atom is -0.322 e. The summed E-state index contributed by atoms with van der Waals surface area (Å²) in [5.41, 5.74) is 2.02. The molecule has 0 aliphatic heterocycles. The van der Waals surface area contributed by atoms with Gasteiger partial charge in [0.05, 0.1) is 4.90 Å². The van der Waals surface area contributed by atoms with Gasteiger partial charge in [0.15, 0.2) is 0 Å². The molecule has 0 aromatic heterocycles. The zero-order valence-corrected chi connectivity index (χ0v) is 17.1. The summed E-state index contributed by atoms with van der Waals surface area (Å²) in [6.07, 6.45) is 0. The van der Waals surface area contributed by atoms with Crippen molar-refractivity contribution in [1.29, 1.82) is 0 Å². The van der Waals surface area contributed by atoms with E-state index in [0.29, 0.717) is 21.3 Å². The first-order chi connectivity index (χ1) is 13.2. The number of hydrogen-bond donors (Lipinski definition) is 2. The van der Waals surface area contributed by atoms with Crippen molar-refractivity contribution < 1.29 is 13.2 Å². The van der Waals surface area contributed by atoms with Crippen LogP contribution in [-0.4, -0.2) is 14.3 Å². The Hall–Kier alpha value is -2.54. The molecule has 3 aromatic rings. The Labute approximate surface area is 173 Å². The Kier molecular flexibility index (Phi) is 5.93. The topological polar surface area (TPSA) is 75.3 Å². The highest BCUT2D eigenvalue weighted by atomic mass is 35.5. The van der Waals surface area contributed by atoms with Crippen LogP contribution in [0, 0.1) is 6.92 Å². The van der Waals surface area contributed by atoms with Gasteiger partial charge in [-0.1, -0.05) is 35.3 Å². The molecule has 8 heteroatoms. The Morgan fingerprint density at radius 2 is 1.61 bits per heavy atom. The fraction of sp³-hybridized carbons (Fsp3) is 0.0500. The van der Waals surface area contributed by atoms with Crippen LogP contribution in [-0.2, 0) is 10.0 Å². The lowest BCUT2D eigenvalue weighted by Crippen LogP contribution is -2.15. The molecule has 0 saturated carbocycles. The van der Waals surface area contributed by atoms with Crippen molar-refractivity contribution >= 4 is 50.5 Å². The lowest BCUT2D eigenvalue weighted by Gasteiger charge is -2.10. The molecule has 2 N–H and O–H groups in total. The second kappa shape index (κ2) is 8.22. The van der Waals surface area contributed by atoms with E-state index in [4.69, 9.17) is 23.2 Å². The molecule has 0 aliphatic rings.